The molecule has 0 atom stereocenters. The molecule has 0 spiro atoms. The Hall–Kier alpha value is 0.500. The van der Waals surface area contributed by atoms with Crippen molar-refractivity contribution in [3.05, 3.63) is 0 Å². The van der Waals surface area contributed by atoms with Gasteiger partial charge in [0.15, 0.2) is 0 Å². The molecular weight excluding hydrogens is 183 g/mol. The number of nitrogens with two attached hydrogens (primary N) is 1. The first kappa shape index (κ1) is 17.5. The molecule has 0 saturated carbocycles. The summed E-state index contributed by atoms with van der Waals surface area (Å²) in [5, 5.41) is 3.11. The van der Waals surface area contributed by atoms with Gasteiger partial charge in [-0.1, -0.05) is 12.8 Å². The molecule has 72 valence electrons. The summed E-state index contributed by atoms with van der Waals surface area (Å²) in [6, 6.07) is 0. The minimum atomic E-state index is 0. The lowest BCUT2D eigenvalue weighted by Gasteiger charge is -1.97. The first-order chi connectivity index (χ1) is 4.41. The highest BCUT2D eigenvalue weighted by Crippen LogP contribution is 1.96. The molecule has 0 heterocycles. The van der Waals surface area contributed by atoms with Crippen molar-refractivity contribution in [2.75, 3.05) is 20.1 Å². The molecule has 0 bridgehead atoms. The maximum absolute atomic E-state index is 5.33. The number of rotatable bonds is 6. The van der Waals surface area contributed by atoms with Crippen LogP contribution in [-0.2, 0) is 0 Å². The van der Waals surface area contributed by atoms with Crippen LogP contribution < -0.4 is 11.1 Å². The molecule has 0 unspecified atom stereocenters. The average molecular weight is 203 g/mol. The molecule has 0 aromatic rings. The standard InChI is InChI=1S/C7H18N2.2ClH/c1-9-7-5-3-2-4-6-8;;/h9H,2-8H2,1H3;2*1H. The highest BCUT2D eigenvalue weighted by atomic mass is 35.5. The average Bonchev–Trinajstić information content (AvgIpc) is 1.89. The van der Waals surface area contributed by atoms with Crippen molar-refractivity contribution in [3.63, 3.8) is 0 Å². The summed E-state index contributed by atoms with van der Waals surface area (Å²) in [4.78, 5) is 0. The van der Waals surface area contributed by atoms with E-state index in [0.717, 1.165) is 13.1 Å². The van der Waals surface area contributed by atoms with Gasteiger partial charge in [-0.05, 0) is 33.0 Å². The molecule has 0 rings (SSSR count). The Bertz CT molecular complexity index is 47.7. The third kappa shape index (κ3) is 18.0. The molecule has 0 aliphatic heterocycles. The lowest BCUT2D eigenvalue weighted by atomic mass is 10.2. The molecule has 0 radical (unpaired) electrons. The van der Waals surface area contributed by atoms with Gasteiger partial charge in [-0.3, -0.25) is 0 Å². The SMILES string of the molecule is CNCCCCCCN.Cl.Cl. The Balaban J connectivity index is -0.000000320. The van der Waals surface area contributed by atoms with Crippen molar-refractivity contribution in [2.24, 2.45) is 5.73 Å². The maximum atomic E-state index is 5.33. The Morgan fingerprint density at radius 2 is 1.55 bits per heavy atom. The van der Waals surface area contributed by atoms with E-state index in [1.54, 1.807) is 0 Å². The van der Waals surface area contributed by atoms with Crippen LogP contribution >= 0.6 is 24.8 Å². The topological polar surface area (TPSA) is 38.0 Å². The van der Waals surface area contributed by atoms with Gasteiger partial charge in [-0.25, -0.2) is 0 Å². The molecule has 0 saturated heterocycles. The van der Waals surface area contributed by atoms with Crippen molar-refractivity contribution in [3.8, 4) is 0 Å². The van der Waals surface area contributed by atoms with E-state index in [9.17, 15) is 0 Å². The van der Waals surface area contributed by atoms with Crippen molar-refractivity contribution < 1.29 is 0 Å². The molecule has 0 aromatic carbocycles. The van der Waals surface area contributed by atoms with Crippen molar-refractivity contribution in [1.82, 2.24) is 5.32 Å². The first-order valence-corrected chi connectivity index (χ1v) is 3.76. The number of halogens is 2. The molecule has 0 amide bonds. The van der Waals surface area contributed by atoms with Crippen molar-refractivity contribution in [1.29, 1.82) is 0 Å². The first-order valence-electron chi connectivity index (χ1n) is 3.76. The predicted octanol–water partition coefficient (Wildman–Crippen LogP) is 1.57. The Morgan fingerprint density at radius 1 is 1.00 bits per heavy atom. The molecule has 4 heteroatoms. The Labute approximate surface area is 82.1 Å². The number of hydrogen-bond acceptors (Lipinski definition) is 2. The van der Waals surface area contributed by atoms with E-state index < -0.39 is 0 Å². The fraction of sp³-hybridized carbons (Fsp3) is 1.00. The Kier molecular flexibility index (Phi) is 26.9. The van der Waals surface area contributed by atoms with Crippen molar-refractivity contribution >= 4 is 24.8 Å². The van der Waals surface area contributed by atoms with E-state index in [1.807, 2.05) is 7.05 Å². The van der Waals surface area contributed by atoms with E-state index in [2.05, 4.69) is 5.32 Å². The molecule has 0 aliphatic carbocycles. The smallest absolute Gasteiger partial charge is 0.00519 e. The van der Waals surface area contributed by atoms with Gasteiger partial charge in [0.25, 0.3) is 0 Å². The summed E-state index contributed by atoms with van der Waals surface area (Å²) >= 11 is 0. The summed E-state index contributed by atoms with van der Waals surface area (Å²) < 4.78 is 0. The predicted molar refractivity (Wildman–Crippen MR) is 55.9 cm³/mol. The lowest BCUT2D eigenvalue weighted by Crippen LogP contribution is -2.07. The van der Waals surface area contributed by atoms with Crippen LogP contribution in [0.15, 0.2) is 0 Å². The third-order valence-electron chi connectivity index (χ3n) is 1.38. The molecule has 0 aliphatic rings. The monoisotopic (exact) mass is 202 g/mol. The second-order valence-corrected chi connectivity index (χ2v) is 2.31. The van der Waals surface area contributed by atoms with Gasteiger partial charge in [0.05, 0.1) is 0 Å². The van der Waals surface area contributed by atoms with Crippen LogP contribution in [0.3, 0.4) is 0 Å². The van der Waals surface area contributed by atoms with Gasteiger partial charge < -0.3 is 11.1 Å². The molecule has 11 heavy (non-hydrogen) atoms. The van der Waals surface area contributed by atoms with Gasteiger partial charge in [0.2, 0.25) is 0 Å². The number of nitrogens with one attached hydrogen (secondary N) is 1. The highest BCUT2D eigenvalue weighted by Gasteiger charge is 1.85. The highest BCUT2D eigenvalue weighted by molar-refractivity contribution is 5.85. The summed E-state index contributed by atoms with van der Waals surface area (Å²) in [6.45, 7) is 1.99. The number of unbranched alkanes of at least 4 members (excludes halogenated alkanes) is 3. The second-order valence-electron chi connectivity index (χ2n) is 2.31. The van der Waals surface area contributed by atoms with Crippen LogP contribution in [0.4, 0.5) is 0 Å². The van der Waals surface area contributed by atoms with E-state index >= 15 is 0 Å². The molecule has 0 aromatic heterocycles. The van der Waals surface area contributed by atoms with Crippen LogP contribution in [0.2, 0.25) is 0 Å². The molecule has 3 N–H and O–H groups in total. The maximum Gasteiger partial charge on any atom is -0.00519 e. The zero-order valence-corrected chi connectivity index (χ0v) is 8.77. The lowest BCUT2D eigenvalue weighted by molar-refractivity contribution is 0.621. The van der Waals surface area contributed by atoms with Crippen LogP contribution in [0, 0.1) is 0 Å². The summed E-state index contributed by atoms with van der Waals surface area (Å²) in [5.41, 5.74) is 5.33. The van der Waals surface area contributed by atoms with E-state index in [0.29, 0.717) is 0 Å². The molecule has 2 nitrogen and oxygen atoms in total. The van der Waals surface area contributed by atoms with Gasteiger partial charge in [-0.15, -0.1) is 24.8 Å². The van der Waals surface area contributed by atoms with Gasteiger partial charge in [0.1, 0.15) is 0 Å². The van der Waals surface area contributed by atoms with Crippen LogP contribution in [0.5, 0.6) is 0 Å². The zero-order valence-electron chi connectivity index (χ0n) is 7.14. The van der Waals surface area contributed by atoms with Crippen LogP contribution in [-0.4, -0.2) is 20.1 Å². The van der Waals surface area contributed by atoms with Crippen LogP contribution in [0.25, 0.3) is 0 Å². The minimum absolute atomic E-state index is 0. The van der Waals surface area contributed by atoms with Crippen molar-refractivity contribution in [2.45, 2.75) is 25.7 Å². The van der Waals surface area contributed by atoms with E-state index in [-0.39, 0.29) is 24.8 Å². The molecule has 0 fully saturated rings. The summed E-state index contributed by atoms with van der Waals surface area (Å²) in [6.07, 6.45) is 5.08. The third-order valence-corrected chi connectivity index (χ3v) is 1.38. The van der Waals surface area contributed by atoms with Gasteiger partial charge in [0, 0.05) is 0 Å². The summed E-state index contributed by atoms with van der Waals surface area (Å²) in [7, 11) is 1.99. The quantitative estimate of drug-likeness (QED) is 0.643. The fourth-order valence-electron chi connectivity index (χ4n) is 0.800. The van der Waals surface area contributed by atoms with E-state index in [1.165, 1.54) is 25.7 Å². The molecular formula is C7H20Cl2N2. The normalized spacial score (nSPS) is 8.18. The Morgan fingerprint density at radius 3 is 2.00 bits per heavy atom. The van der Waals surface area contributed by atoms with E-state index in [4.69, 9.17) is 5.73 Å². The number of hydrogen-bond donors (Lipinski definition) is 2. The second kappa shape index (κ2) is 16.8. The van der Waals surface area contributed by atoms with Gasteiger partial charge in [-0.2, -0.15) is 0 Å². The van der Waals surface area contributed by atoms with Crippen LogP contribution in [0.1, 0.15) is 25.7 Å². The van der Waals surface area contributed by atoms with Gasteiger partial charge >= 0.3 is 0 Å². The zero-order chi connectivity index (χ0) is 6.95. The fourth-order valence-corrected chi connectivity index (χ4v) is 0.800. The largest absolute Gasteiger partial charge is 0.330 e. The minimum Gasteiger partial charge on any atom is -0.330 e. The summed E-state index contributed by atoms with van der Waals surface area (Å²) in [5.74, 6) is 0.